The molecular formula is C20H34O2. The lowest BCUT2D eigenvalue weighted by molar-refractivity contribution is -0.225. The van der Waals surface area contributed by atoms with E-state index in [2.05, 4.69) is 44.2 Å². The van der Waals surface area contributed by atoms with E-state index in [1.807, 2.05) is 0 Å². The minimum Gasteiger partial charge on any atom is -0.353 e. The van der Waals surface area contributed by atoms with Gasteiger partial charge in [-0.05, 0) is 18.4 Å². The molecule has 2 nitrogen and oxygen atoms in total. The summed E-state index contributed by atoms with van der Waals surface area (Å²) >= 11 is 0. The van der Waals surface area contributed by atoms with E-state index in [4.69, 9.17) is 9.47 Å². The molecule has 1 rings (SSSR count). The van der Waals surface area contributed by atoms with Crippen molar-refractivity contribution >= 4 is 0 Å². The minimum absolute atomic E-state index is 0.292. The number of ether oxygens (including phenoxy) is 2. The first-order valence-electron chi connectivity index (χ1n) is 8.89. The smallest absolute Gasteiger partial charge is 0.174 e. The van der Waals surface area contributed by atoms with Crippen molar-refractivity contribution in [3.63, 3.8) is 0 Å². The molecule has 126 valence electrons. The highest BCUT2D eigenvalue weighted by atomic mass is 16.7. The minimum atomic E-state index is -0.509. The first-order valence-corrected chi connectivity index (χ1v) is 8.89. The molecule has 0 aliphatic rings. The lowest BCUT2D eigenvalue weighted by atomic mass is 9.84. The van der Waals surface area contributed by atoms with E-state index in [9.17, 15) is 0 Å². The normalized spacial score (nSPS) is 13.3. The molecule has 1 aromatic rings. The van der Waals surface area contributed by atoms with Gasteiger partial charge in [0.05, 0.1) is 0 Å². The summed E-state index contributed by atoms with van der Waals surface area (Å²) in [7, 11) is 3.54. The molecule has 2 heteroatoms. The van der Waals surface area contributed by atoms with Crippen LogP contribution in [0.25, 0.3) is 0 Å². The summed E-state index contributed by atoms with van der Waals surface area (Å²) in [6.45, 7) is 4.41. The Morgan fingerprint density at radius 1 is 0.864 bits per heavy atom. The van der Waals surface area contributed by atoms with Gasteiger partial charge in [-0.15, -0.1) is 0 Å². The van der Waals surface area contributed by atoms with Gasteiger partial charge in [0, 0.05) is 20.1 Å². The number of hydrogen-bond acceptors (Lipinski definition) is 2. The van der Waals surface area contributed by atoms with Crippen molar-refractivity contribution in [2.45, 2.75) is 76.9 Å². The van der Waals surface area contributed by atoms with E-state index >= 15 is 0 Å². The van der Waals surface area contributed by atoms with Crippen LogP contribution < -0.4 is 0 Å². The fourth-order valence-electron chi connectivity index (χ4n) is 3.36. The molecule has 0 aromatic heterocycles. The molecule has 0 saturated carbocycles. The van der Waals surface area contributed by atoms with Gasteiger partial charge in [-0.25, -0.2) is 0 Å². The molecule has 0 heterocycles. The topological polar surface area (TPSA) is 18.5 Å². The van der Waals surface area contributed by atoms with Crippen LogP contribution in [-0.4, -0.2) is 20.0 Å². The number of unbranched alkanes of at least 4 members (excludes halogenated alkanes) is 5. The average Bonchev–Trinajstić information content (AvgIpc) is 2.58. The second kappa shape index (κ2) is 10.8. The predicted octanol–water partition coefficient (Wildman–Crippen LogP) is 5.92. The van der Waals surface area contributed by atoms with Gasteiger partial charge in [-0.1, -0.05) is 82.7 Å². The molecule has 0 N–H and O–H groups in total. The van der Waals surface area contributed by atoms with E-state index in [-0.39, 0.29) is 0 Å². The lowest BCUT2D eigenvalue weighted by Gasteiger charge is -2.38. The van der Waals surface area contributed by atoms with Crippen LogP contribution in [0.1, 0.15) is 76.7 Å². The summed E-state index contributed by atoms with van der Waals surface area (Å²) in [6.07, 6.45) is 9.87. The molecule has 0 bridgehead atoms. The zero-order valence-electron chi connectivity index (χ0n) is 14.9. The average molecular weight is 306 g/mol. The van der Waals surface area contributed by atoms with Crippen molar-refractivity contribution in [3.8, 4) is 0 Å². The van der Waals surface area contributed by atoms with Crippen LogP contribution in [0.15, 0.2) is 30.3 Å². The molecule has 1 aromatic carbocycles. The van der Waals surface area contributed by atoms with Gasteiger partial charge in [0.25, 0.3) is 0 Å². The van der Waals surface area contributed by atoms with Crippen molar-refractivity contribution in [3.05, 3.63) is 35.9 Å². The maximum absolute atomic E-state index is 5.83. The Hall–Kier alpha value is -0.860. The Bertz CT molecular complexity index is 362. The SMILES string of the molecule is CCCCCCCCC(c1ccccc1)C(CC)(OC)OC. The first kappa shape index (κ1) is 19.2. The number of rotatable bonds is 12. The molecule has 0 amide bonds. The van der Waals surface area contributed by atoms with Gasteiger partial charge in [0.15, 0.2) is 5.79 Å². The van der Waals surface area contributed by atoms with Crippen LogP contribution in [0.2, 0.25) is 0 Å². The molecule has 0 aliphatic heterocycles. The third-order valence-corrected chi connectivity index (χ3v) is 4.76. The monoisotopic (exact) mass is 306 g/mol. The summed E-state index contributed by atoms with van der Waals surface area (Å²) < 4.78 is 11.7. The highest BCUT2D eigenvalue weighted by Gasteiger charge is 2.38. The van der Waals surface area contributed by atoms with Crippen molar-refractivity contribution in [2.75, 3.05) is 14.2 Å². The second-order valence-corrected chi connectivity index (χ2v) is 6.09. The van der Waals surface area contributed by atoms with Crippen LogP contribution in [0, 0.1) is 0 Å². The molecule has 0 saturated heterocycles. The maximum Gasteiger partial charge on any atom is 0.174 e. The first-order chi connectivity index (χ1) is 10.7. The molecular weight excluding hydrogens is 272 g/mol. The Labute approximate surface area is 137 Å². The predicted molar refractivity (Wildman–Crippen MR) is 94.2 cm³/mol. The van der Waals surface area contributed by atoms with Gasteiger partial charge < -0.3 is 9.47 Å². The highest BCUT2D eigenvalue weighted by Crippen LogP contribution is 2.38. The quantitative estimate of drug-likeness (QED) is 0.352. The van der Waals surface area contributed by atoms with Crippen molar-refractivity contribution in [1.29, 1.82) is 0 Å². The molecule has 0 aliphatic carbocycles. The number of methoxy groups -OCH3 is 2. The standard InChI is InChI=1S/C20H34O2/c1-5-7-8-9-10-14-17-19(18-15-12-11-13-16-18)20(6-2,21-3)22-4/h11-13,15-16,19H,5-10,14,17H2,1-4H3. The zero-order valence-corrected chi connectivity index (χ0v) is 14.9. The van der Waals surface area contributed by atoms with Gasteiger partial charge in [-0.2, -0.15) is 0 Å². The second-order valence-electron chi connectivity index (χ2n) is 6.09. The molecule has 1 atom stereocenters. The Kier molecular flexibility index (Phi) is 9.42. The van der Waals surface area contributed by atoms with Gasteiger partial charge in [-0.3, -0.25) is 0 Å². The van der Waals surface area contributed by atoms with E-state index in [0.717, 1.165) is 12.8 Å². The maximum atomic E-state index is 5.83. The van der Waals surface area contributed by atoms with Crippen LogP contribution in [0.3, 0.4) is 0 Å². The summed E-state index contributed by atoms with van der Waals surface area (Å²) in [6, 6.07) is 10.7. The lowest BCUT2D eigenvalue weighted by Crippen LogP contribution is -2.40. The summed E-state index contributed by atoms with van der Waals surface area (Å²) in [5.74, 6) is -0.218. The fourth-order valence-corrected chi connectivity index (χ4v) is 3.36. The number of benzene rings is 1. The Balaban J connectivity index is 2.71. The van der Waals surface area contributed by atoms with E-state index in [1.165, 1.54) is 44.1 Å². The zero-order chi connectivity index (χ0) is 16.3. The van der Waals surface area contributed by atoms with Crippen molar-refractivity contribution < 1.29 is 9.47 Å². The van der Waals surface area contributed by atoms with E-state index < -0.39 is 5.79 Å². The van der Waals surface area contributed by atoms with Crippen LogP contribution in [0.5, 0.6) is 0 Å². The third-order valence-electron chi connectivity index (χ3n) is 4.76. The van der Waals surface area contributed by atoms with Crippen LogP contribution in [0.4, 0.5) is 0 Å². The number of hydrogen-bond donors (Lipinski definition) is 0. The van der Waals surface area contributed by atoms with Crippen molar-refractivity contribution in [2.24, 2.45) is 0 Å². The molecule has 0 radical (unpaired) electrons. The molecule has 22 heavy (non-hydrogen) atoms. The summed E-state index contributed by atoms with van der Waals surface area (Å²) in [5, 5.41) is 0. The van der Waals surface area contributed by atoms with Crippen LogP contribution >= 0.6 is 0 Å². The summed E-state index contributed by atoms with van der Waals surface area (Å²) in [5.41, 5.74) is 1.32. The van der Waals surface area contributed by atoms with Gasteiger partial charge >= 0.3 is 0 Å². The molecule has 0 fully saturated rings. The largest absolute Gasteiger partial charge is 0.353 e. The highest BCUT2D eigenvalue weighted by molar-refractivity contribution is 5.22. The van der Waals surface area contributed by atoms with Gasteiger partial charge in [0.1, 0.15) is 0 Å². The third kappa shape index (κ3) is 5.40. The molecule has 0 spiro atoms. The fraction of sp³-hybridized carbons (Fsp3) is 0.700. The van der Waals surface area contributed by atoms with Crippen LogP contribution in [-0.2, 0) is 9.47 Å². The Morgan fingerprint density at radius 2 is 1.45 bits per heavy atom. The Morgan fingerprint density at radius 3 is 2.00 bits per heavy atom. The van der Waals surface area contributed by atoms with Gasteiger partial charge in [0.2, 0.25) is 0 Å². The van der Waals surface area contributed by atoms with Crippen molar-refractivity contribution in [1.82, 2.24) is 0 Å². The molecule has 1 unspecified atom stereocenters. The summed E-state index contributed by atoms with van der Waals surface area (Å²) in [4.78, 5) is 0. The van der Waals surface area contributed by atoms with E-state index in [1.54, 1.807) is 14.2 Å². The van der Waals surface area contributed by atoms with E-state index in [0.29, 0.717) is 5.92 Å².